The molecule has 0 bridgehead atoms. The zero-order chi connectivity index (χ0) is 13.0. The molecule has 18 heavy (non-hydrogen) atoms. The molecule has 0 amide bonds. The molecule has 0 aromatic carbocycles. The standard InChI is InChI=1S/C13H22N4O/c1-4-6-14-13-15-7-5-12(16-13)17-8-11(3)18-9-10(17)2/h5,7,10-11H,4,6,8-9H2,1-3H3,(H,14,15,16). The molecule has 1 aliphatic heterocycles. The number of hydrogen-bond acceptors (Lipinski definition) is 5. The third-order valence-corrected chi connectivity index (χ3v) is 3.08. The van der Waals surface area contributed by atoms with E-state index < -0.39 is 0 Å². The molecule has 2 atom stereocenters. The Morgan fingerprint density at radius 2 is 2.33 bits per heavy atom. The van der Waals surface area contributed by atoms with Gasteiger partial charge in [-0.25, -0.2) is 4.98 Å². The fourth-order valence-electron chi connectivity index (χ4n) is 2.05. The van der Waals surface area contributed by atoms with Crippen LogP contribution in [0.15, 0.2) is 12.3 Å². The molecule has 1 aromatic heterocycles. The van der Waals surface area contributed by atoms with Crippen LogP contribution in [0, 0.1) is 0 Å². The fraction of sp³-hybridized carbons (Fsp3) is 0.692. The zero-order valence-electron chi connectivity index (χ0n) is 11.4. The van der Waals surface area contributed by atoms with Crippen molar-refractivity contribution in [1.29, 1.82) is 0 Å². The van der Waals surface area contributed by atoms with Gasteiger partial charge in [0.05, 0.1) is 18.8 Å². The summed E-state index contributed by atoms with van der Waals surface area (Å²) in [5.41, 5.74) is 0. The van der Waals surface area contributed by atoms with Gasteiger partial charge in [0, 0.05) is 19.3 Å². The van der Waals surface area contributed by atoms with Crippen LogP contribution in [-0.4, -0.2) is 41.8 Å². The Morgan fingerprint density at radius 1 is 1.50 bits per heavy atom. The summed E-state index contributed by atoms with van der Waals surface area (Å²) in [5, 5.41) is 3.22. The molecule has 2 rings (SSSR count). The molecule has 1 fully saturated rings. The molecule has 2 heterocycles. The van der Waals surface area contributed by atoms with Crippen LogP contribution in [0.25, 0.3) is 0 Å². The number of aromatic nitrogens is 2. The Bertz CT molecular complexity index is 385. The molecule has 1 N–H and O–H groups in total. The van der Waals surface area contributed by atoms with Gasteiger partial charge in [-0.1, -0.05) is 6.92 Å². The average molecular weight is 250 g/mol. The van der Waals surface area contributed by atoms with E-state index >= 15 is 0 Å². The van der Waals surface area contributed by atoms with Crippen LogP contribution < -0.4 is 10.2 Å². The lowest BCUT2D eigenvalue weighted by molar-refractivity contribution is 0.0340. The Morgan fingerprint density at radius 3 is 3.11 bits per heavy atom. The molecular weight excluding hydrogens is 228 g/mol. The van der Waals surface area contributed by atoms with Crippen molar-refractivity contribution in [3.63, 3.8) is 0 Å². The van der Waals surface area contributed by atoms with Crippen LogP contribution in [0.5, 0.6) is 0 Å². The third kappa shape index (κ3) is 3.10. The number of ether oxygens (including phenoxy) is 1. The molecule has 1 aromatic rings. The van der Waals surface area contributed by atoms with Crippen molar-refractivity contribution in [1.82, 2.24) is 9.97 Å². The molecule has 0 spiro atoms. The van der Waals surface area contributed by atoms with Crippen molar-refractivity contribution < 1.29 is 4.74 Å². The normalized spacial score (nSPS) is 24.1. The second-order valence-corrected chi connectivity index (χ2v) is 4.81. The largest absolute Gasteiger partial charge is 0.375 e. The van der Waals surface area contributed by atoms with Gasteiger partial charge in [-0.15, -0.1) is 0 Å². The Labute approximate surface area is 109 Å². The van der Waals surface area contributed by atoms with Crippen molar-refractivity contribution in [2.24, 2.45) is 0 Å². The fourth-order valence-corrected chi connectivity index (χ4v) is 2.05. The number of nitrogens with one attached hydrogen (secondary N) is 1. The maximum Gasteiger partial charge on any atom is 0.224 e. The van der Waals surface area contributed by atoms with Crippen LogP contribution in [-0.2, 0) is 4.74 Å². The van der Waals surface area contributed by atoms with Gasteiger partial charge in [-0.2, -0.15) is 4.98 Å². The van der Waals surface area contributed by atoms with E-state index in [0.717, 1.165) is 31.9 Å². The molecule has 2 unspecified atom stereocenters. The molecular formula is C13H22N4O. The van der Waals surface area contributed by atoms with Gasteiger partial charge in [0.2, 0.25) is 5.95 Å². The Balaban J connectivity index is 2.11. The first-order valence-electron chi connectivity index (χ1n) is 6.66. The highest BCUT2D eigenvalue weighted by Crippen LogP contribution is 2.20. The van der Waals surface area contributed by atoms with E-state index in [1.54, 1.807) is 0 Å². The molecule has 5 nitrogen and oxygen atoms in total. The van der Waals surface area contributed by atoms with Crippen LogP contribution in [0.3, 0.4) is 0 Å². The van der Waals surface area contributed by atoms with Crippen LogP contribution in [0.2, 0.25) is 0 Å². The van der Waals surface area contributed by atoms with Crippen molar-refractivity contribution in [2.45, 2.75) is 39.3 Å². The van der Waals surface area contributed by atoms with Crippen LogP contribution in [0.4, 0.5) is 11.8 Å². The van der Waals surface area contributed by atoms with Crippen molar-refractivity contribution in [3.05, 3.63) is 12.3 Å². The van der Waals surface area contributed by atoms with E-state index in [4.69, 9.17) is 4.74 Å². The van der Waals surface area contributed by atoms with Crippen molar-refractivity contribution >= 4 is 11.8 Å². The maximum absolute atomic E-state index is 5.64. The van der Waals surface area contributed by atoms with Gasteiger partial charge < -0.3 is 15.0 Å². The highest BCUT2D eigenvalue weighted by atomic mass is 16.5. The second kappa shape index (κ2) is 6.00. The summed E-state index contributed by atoms with van der Waals surface area (Å²) < 4.78 is 5.64. The average Bonchev–Trinajstić information content (AvgIpc) is 2.39. The van der Waals surface area contributed by atoms with E-state index in [1.165, 1.54) is 0 Å². The predicted molar refractivity (Wildman–Crippen MR) is 73.0 cm³/mol. The second-order valence-electron chi connectivity index (χ2n) is 4.81. The molecule has 5 heteroatoms. The molecule has 1 aliphatic rings. The summed E-state index contributed by atoms with van der Waals surface area (Å²) in [6.07, 6.45) is 3.13. The van der Waals surface area contributed by atoms with Crippen LogP contribution in [0.1, 0.15) is 27.2 Å². The van der Waals surface area contributed by atoms with Gasteiger partial charge in [-0.05, 0) is 26.3 Å². The van der Waals surface area contributed by atoms with Gasteiger partial charge >= 0.3 is 0 Å². The van der Waals surface area contributed by atoms with E-state index in [2.05, 4.69) is 41.0 Å². The van der Waals surface area contributed by atoms with E-state index in [-0.39, 0.29) is 6.10 Å². The van der Waals surface area contributed by atoms with E-state index in [9.17, 15) is 0 Å². The van der Waals surface area contributed by atoms with Gasteiger partial charge in [0.1, 0.15) is 5.82 Å². The SMILES string of the molecule is CCCNc1nccc(N2CC(C)OCC2C)n1. The Hall–Kier alpha value is -1.36. The number of morpholine rings is 1. The lowest BCUT2D eigenvalue weighted by Crippen LogP contribution is -2.47. The first kappa shape index (κ1) is 13.1. The highest BCUT2D eigenvalue weighted by Gasteiger charge is 2.24. The highest BCUT2D eigenvalue weighted by molar-refractivity contribution is 5.44. The summed E-state index contributed by atoms with van der Waals surface area (Å²) in [6, 6.07) is 2.32. The molecule has 0 aliphatic carbocycles. The third-order valence-electron chi connectivity index (χ3n) is 3.08. The number of nitrogens with zero attached hydrogens (tertiary/aromatic N) is 3. The smallest absolute Gasteiger partial charge is 0.224 e. The van der Waals surface area contributed by atoms with Crippen LogP contribution >= 0.6 is 0 Å². The number of hydrogen-bond donors (Lipinski definition) is 1. The molecule has 0 saturated carbocycles. The summed E-state index contributed by atoms with van der Waals surface area (Å²) in [6.45, 7) is 8.92. The maximum atomic E-state index is 5.64. The monoisotopic (exact) mass is 250 g/mol. The van der Waals surface area contributed by atoms with Gasteiger partial charge in [0.15, 0.2) is 0 Å². The first-order chi connectivity index (χ1) is 8.70. The number of rotatable bonds is 4. The first-order valence-corrected chi connectivity index (χ1v) is 6.66. The quantitative estimate of drug-likeness (QED) is 0.884. The summed E-state index contributed by atoms with van der Waals surface area (Å²) in [4.78, 5) is 11.1. The minimum atomic E-state index is 0.253. The minimum Gasteiger partial charge on any atom is -0.375 e. The van der Waals surface area contributed by atoms with Gasteiger partial charge in [-0.3, -0.25) is 0 Å². The summed E-state index contributed by atoms with van der Waals surface area (Å²) >= 11 is 0. The van der Waals surface area contributed by atoms with Crippen molar-refractivity contribution in [3.8, 4) is 0 Å². The molecule has 1 saturated heterocycles. The molecule has 0 radical (unpaired) electrons. The number of anilines is 2. The van der Waals surface area contributed by atoms with Crippen molar-refractivity contribution in [2.75, 3.05) is 29.9 Å². The topological polar surface area (TPSA) is 50.3 Å². The van der Waals surface area contributed by atoms with Gasteiger partial charge in [0.25, 0.3) is 0 Å². The Kier molecular flexibility index (Phi) is 4.36. The lowest BCUT2D eigenvalue weighted by Gasteiger charge is -2.37. The summed E-state index contributed by atoms with van der Waals surface area (Å²) in [5.74, 6) is 1.69. The minimum absolute atomic E-state index is 0.253. The molecule has 100 valence electrons. The van der Waals surface area contributed by atoms with E-state index in [0.29, 0.717) is 12.0 Å². The zero-order valence-corrected chi connectivity index (χ0v) is 11.4. The predicted octanol–water partition coefficient (Wildman–Crippen LogP) is 1.91. The summed E-state index contributed by atoms with van der Waals surface area (Å²) in [7, 11) is 0. The lowest BCUT2D eigenvalue weighted by atomic mass is 10.2. The van der Waals surface area contributed by atoms with E-state index in [1.807, 2.05) is 12.3 Å².